The van der Waals surface area contributed by atoms with Crippen molar-refractivity contribution >= 4 is 37.4 Å². The Labute approximate surface area is 126 Å². The van der Waals surface area contributed by atoms with E-state index >= 15 is 0 Å². The lowest BCUT2D eigenvalue weighted by Crippen LogP contribution is -2.42. The molecule has 0 spiro atoms. The van der Waals surface area contributed by atoms with Crippen molar-refractivity contribution in [3.8, 4) is 0 Å². The SMILES string of the molecule is O=C(C1CC1)N(c1ccc(Br)cc1)C1C=CS(=O)(=O)C1. The third-order valence-corrected chi connectivity index (χ3v) is 5.42. The lowest BCUT2D eigenvalue weighted by Gasteiger charge is -2.27. The highest BCUT2D eigenvalue weighted by Crippen LogP contribution is 2.35. The molecule has 1 atom stereocenters. The molecule has 1 fully saturated rings. The van der Waals surface area contributed by atoms with Crippen LogP contribution < -0.4 is 4.90 Å². The molecule has 106 valence electrons. The molecular formula is C14H14BrNO3S. The summed E-state index contributed by atoms with van der Waals surface area (Å²) in [6, 6.07) is 6.99. The van der Waals surface area contributed by atoms with Gasteiger partial charge in [-0.15, -0.1) is 0 Å². The van der Waals surface area contributed by atoms with E-state index in [1.54, 1.807) is 11.0 Å². The van der Waals surface area contributed by atoms with Gasteiger partial charge in [-0.2, -0.15) is 0 Å². The van der Waals surface area contributed by atoms with Crippen molar-refractivity contribution in [2.45, 2.75) is 18.9 Å². The van der Waals surface area contributed by atoms with Crippen LogP contribution in [0.2, 0.25) is 0 Å². The van der Waals surface area contributed by atoms with E-state index in [9.17, 15) is 13.2 Å². The number of carbonyl (C=O) groups excluding carboxylic acids is 1. The molecule has 0 radical (unpaired) electrons. The largest absolute Gasteiger partial charge is 0.304 e. The van der Waals surface area contributed by atoms with Gasteiger partial charge in [-0.3, -0.25) is 4.79 Å². The molecule has 0 N–H and O–H groups in total. The molecule has 6 heteroatoms. The molecule has 1 aromatic rings. The monoisotopic (exact) mass is 355 g/mol. The van der Waals surface area contributed by atoms with Crippen LogP contribution in [0.3, 0.4) is 0 Å². The number of hydrogen-bond acceptors (Lipinski definition) is 3. The summed E-state index contributed by atoms with van der Waals surface area (Å²) in [4.78, 5) is 14.1. The van der Waals surface area contributed by atoms with E-state index in [0.717, 1.165) is 23.0 Å². The zero-order valence-electron chi connectivity index (χ0n) is 10.7. The molecule has 1 aliphatic heterocycles. The van der Waals surface area contributed by atoms with Gasteiger partial charge in [0.2, 0.25) is 5.91 Å². The minimum Gasteiger partial charge on any atom is -0.304 e. The van der Waals surface area contributed by atoms with Crippen molar-refractivity contribution in [2.75, 3.05) is 10.7 Å². The Morgan fingerprint density at radius 1 is 1.20 bits per heavy atom. The van der Waals surface area contributed by atoms with Crippen LogP contribution in [0.25, 0.3) is 0 Å². The third-order valence-electron chi connectivity index (χ3n) is 3.51. The summed E-state index contributed by atoms with van der Waals surface area (Å²) in [5.74, 6) is 0.0519. The number of nitrogens with zero attached hydrogens (tertiary/aromatic N) is 1. The van der Waals surface area contributed by atoms with Gasteiger partial charge in [0.15, 0.2) is 9.84 Å². The molecule has 0 saturated heterocycles. The second-order valence-electron chi connectivity index (χ2n) is 5.18. The number of hydrogen-bond donors (Lipinski definition) is 0. The number of halogens is 1. The van der Waals surface area contributed by atoms with E-state index in [1.165, 1.54) is 5.41 Å². The minimum absolute atomic E-state index is 0.0263. The van der Waals surface area contributed by atoms with Crippen LogP contribution in [-0.4, -0.2) is 26.1 Å². The quantitative estimate of drug-likeness (QED) is 0.836. The number of anilines is 1. The zero-order valence-corrected chi connectivity index (χ0v) is 13.1. The Hall–Kier alpha value is -1.14. The first-order chi connectivity index (χ1) is 9.46. The van der Waals surface area contributed by atoms with Crippen molar-refractivity contribution in [3.05, 3.63) is 40.2 Å². The summed E-state index contributed by atoms with van der Waals surface area (Å²) < 4.78 is 24.1. The summed E-state index contributed by atoms with van der Waals surface area (Å²) >= 11 is 3.36. The van der Waals surface area contributed by atoms with E-state index in [-0.39, 0.29) is 17.6 Å². The Kier molecular flexibility index (Phi) is 3.46. The fourth-order valence-electron chi connectivity index (χ4n) is 2.33. The van der Waals surface area contributed by atoms with Crippen LogP contribution in [0.15, 0.2) is 40.2 Å². The first kappa shape index (κ1) is 13.8. The number of benzene rings is 1. The molecule has 1 unspecified atom stereocenters. The Morgan fingerprint density at radius 3 is 2.35 bits per heavy atom. The number of sulfone groups is 1. The number of carbonyl (C=O) groups is 1. The standard InChI is InChI=1S/C14H14BrNO3S/c15-11-3-5-12(6-4-11)16(14(17)10-1-2-10)13-7-8-20(18,19)9-13/h3-8,10,13H,1-2,9H2. The van der Waals surface area contributed by atoms with E-state index in [2.05, 4.69) is 15.9 Å². The summed E-state index contributed by atoms with van der Waals surface area (Å²) in [6.45, 7) is 0. The van der Waals surface area contributed by atoms with Crippen LogP contribution >= 0.6 is 15.9 Å². The molecular weight excluding hydrogens is 342 g/mol. The Bertz CT molecular complexity index is 662. The van der Waals surface area contributed by atoms with Gasteiger partial charge in [-0.25, -0.2) is 8.42 Å². The highest BCUT2D eigenvalue weighted by Gasteiger charge is 2.39. The molecule has 4 nitrogen and oxygen atoms in total. The van der Waals surface area contributed by atoms with E-state index < -0.39 is 15.9 Å². The highest BCUT2D eigenvalue weighted by atomic mass is 79.9. The maximum absolute atomic E-state index is 12.5. The summed E-state index contributed by atoms with van der Waals surface area (Å²) in [5, 5.41) is 1.21. The second-order valence-corrected chi connectivity index (χ2v) is 8.03. The predicted molar refractivity (Wildman–Crippen MR) is 81.1 cm³/mol. The van der Waals surface area contributed by atoms with Crippen LogP contribution in [0.4, 0.5) is 5.69 Å². The average Bonchev–Trinajstić information content (AvgIpc) is 3.17. The molecule has 3 rings (SSSR count). The highest BCUT2D eigenvalue weighted by molar-refractivity contribution is 9.10. The Balaban J connectivity index is 1.94. The predicted octanol–water partition coefficient (Wildman–Crippen LogP) is 2.50. The summed E-state index contributed by atoms with van der Waals surface area (Å²) in [6.07, 6.45) is 3.40. The minimum atomic E-state index is -3.18. The van der Waals surface area contributed by atoms with Gasteiger partial charge < -0.3 is 4.90 Å². The lowest BCUT2D eigenvalue weighted by molar-refractivity contribution is -0.120. The van der Waals surface area contributed by atoms with Crippen molar-refractivity contribution in [1.82, 2.24) is 0 Å². The average molecular weight is 356 g/mol. The molecule has 1 aliphatic carbocycles. The fourth-order valence-corrected chi connectivity index (χ4v) is 3.86. The molecule has 2 aliphatic rings. The van der Waals surface area contributed by atoms with E-state index in [4.69, 9.17) is 0 Å². The van der Waals surface area contributed by atoms with Gasteiger partial charge in [0.1, 0.15) is 0 Å². The van der Waals surface area contributed by atoms with Crippen molar-refractivity contribution in [2.24, 2.45) is 5.92 Å². The first-order valence-electron chi connectivity index (χ1n) is 6.46. The van der Waals surface area contributed by atoms with Gasteiger partial charge in [0, 0.05) is 21.5 Å². The number of amides is 1. The summed E-state index contributed by atoms with van der Waals surface area (Å²) in [5.41, 5.74) is 0.747. The zero-order chi connectivity index (χ0) is 14.3. The van der Waals surface area contributed by atoms with Gasteiger partial charge in [-0.05, 0) is 43.2 Å². The first-order valence-corrected chi connectivity index (χ1v) is 8.97. The van der Waals surface area contributed by atoms with E-state index in [0.29, 0.717) is 0 Å². The molecule has 1 amide bonds. The third kappa shape index (κ3) is 2.81. The second kappa shape index (κ2) is 5.00. The molecule has 1 saturated carbocycles. The maximum Gasteiger partial charge on any atom is 0.230 e. The fraction of sp³-hybridized carbons (Fsp3) is 0.357. The molecule has 0 aromatic heterocycles. The normalized spacial score (nSPS) is 23.8. The topological polar surface area (TPSA) is 54.5 Å². The van der Waals surface area contributed by atoms with Gasteiger partial charge in [-0.1, -0.05) is 15.9 Å². The van der Waals surface area contributed by atoms with Gasteiger partial charge in [0.25, 0.3) is 0 Å². The molecule has 1 heterocycles. The maximum atomic E-state index is 12.5. The van der Waals surface area contributed by atoms with Gasteiger partial charge >= 0.3 is 0 Å². The molecule has 1 aromatic carbocycles. The lowest BCUT2D eigenvalue weighted by atomic mass is 10.2. The van der Waals surface area contributed by atoms with Crippen LogP contribution in [0, 0.1) is 5.92 Å². The molecule has 0 bridgehead atoms. The smallest absolute Gasteiger partial charge is 0.230 e. The Morgan fingerprint density at radius 2 is 1.85 bits per heavy atom. The van der Waals surface area contributed by atoms with Crippen LogP contribution in [-0.2, 0) is 14.6 Å². The van der Waals surface area contributed by atoms with Crippen LogP contribution in [0.1, 0.15) is 12.8 Å². The molecule has 20 heavy (non-hydrogen) atoms. The summed E-state index contributed by atoms with van der Waals surface area (Å²) in [7, 11) is -3.18. The van der Waals surface area contributed by atoms with Crippen LogP contribution in [0.5, 0.6) is 0 Å². The van der Waals surface area contributed by atoms with Gasteiger partial charge in [0.05, 0.1) is 11.8 Å². The van der Waals surface area contributed by atoms with Crippen molar-refractivity contribution < 1.29 is 13.2 Å². The van der Waals surface area contributed by atoms with Crippen molar-refractivity contribution in [1.29, 1.82) is 0 Å². The van der Waals surface area contributed by atoms with E-state index in [1.807, 2.05) is 24.3 Å². The van der Waals surface area contributed by atoms with Crippen molar-refractivity contribution in [3.63, 3.8) is 0 Å². The number of rotatable bonds is 3.